The van der Waals surface area contributed by atoms with E-state index in [4.69, 9.17) is 5.21 Å². The normalized spacial score (nSPS) is 12.2. The monoisotopic (exact) mass is 351 g/mol. The molecule has 0 bridgehead atoms. The van der Waals surface area contributed by atoms with Crippen molar-refractivity contribution in [3.63, 3.8) is 0 Å². The fourth-order valence-electron chi connectivity index (χ4n) is 2.96. The van der Waals surface area contributed by atoms with Crippen molar-refractivity contribution in [1.29, 1.82) is 0 Å². The number of aromatic nitrogens is 1. The summed E-state index contributed by atoms with van der Waals surface area (Å²) in [5.74, 6) is -0.599. The second-order valence-electron chi connectivity index (χ2n) is 6.53. The van der Waals surface area contributed by atoms with E-state index in [2.05, 4.69) is 10.3 Å². The maximum Gasteiger partial charge on any atom is 0.274 e. The van der Waals surface area contributed by atoms with Crippen LogP contribution in [0.3, 0.4) is 0 Å². The molecule has 1 aromatic heterocycles. The van der Waals surface area contributed by atoms with Crippen molar-refractivity contribution >= 4 is 22.7 Å². The molecule has 0 spiro atoms. The number of hydrogen-bond acceptors (Lipinski definition) is 3. The molecule has 3 aromatic rings. The number of carbonyl (C=O) groups is 2. The average Bonchev–Trinajstić information content (AvgIpc) is 3.09. The molecule has 3 rings (SSSR count). The summed E-state index contributed by atoms with van der Waals surface area (Å²) >= 11 is 0. The van der Waals surface area contributed by atoms with Crippen molar-refractivity contribution in [2.24, 2.45) is 5.92 Å². The third-order valence-electron chi connectivity index (χ3n) is 4.36. The zero-order valence-corrected chi connectivity index (χ0v) is 14.6. The molecule has 134 valence electrons. The smallest absolute Gasteiger partial charge is 0.274 e. The number of hydrogen-bond donors (Lipinski definition) is 4. The lowest BCUT2D eigenvalue weighted by Crippen LogP contribution is -2.32. The average molecular weight is 351 g/mol. The van der Waals surface area contributed by atoms with Gasteiger partial charge in [-0.25, -0.2) is 5.48 Å². The number of benzene rings is 2. The number of amides is 2. The Bertz CT molecular complexity index is 896. The van der Waals surface area contributed by atoms with E-state index in [1.807, 2.05) is 44.2 Å². The van der Waals surface area contributed by atoms with Crippen LogP contribution in [0.2, 0.25) is 0 Å². The predicted molar refractivity (Wildman–Crippen MR) is 99.0 cm³/mol. The van der Waals surface area contributed by atoms with E-state index in [0.717, 1.165) is 16.5 Å². The van der Waals surface area contributed by atoms with Crippen LogP contribution < -0.4 is 10.8 Å². The highest BCUT2D eigenvalue weighted by molar-refractivity contribution is 5.98. The number of aromatic amines is 1. The van der Waals surface area contributed by atoms with Gasteiger partial charge in [-0.2, -0.15) is 0 Å². The summed E-state index contributed by atoms with van der Waals surface area (Å²) in [5.41, 5.74) is 4.26. The van der Waals surface area contributed by atoms with Crippen LogP contribution in [0.4, 0.5) is 0 Å². The van der Waals surface area contributed by atoms with Crippen LogP contribution in [0, 0.1) is 5.92 Å². The minimum atomic E-state index is -0.570. The van der Waals surface area contributed by atoms with E-state index < -0.39 is 5.91 Å². The van der Waals surface area contributed by atoms with Crippen molar-refractivity contribution in [1.82, 2.24) is 15.8 Å². The van der Waals surface area contributed by atoms with E-state index in [1.54, 1.807) is 29.7 Å². The summed E-state index contributed by atoms with van der Waals surface area (Å²) in [7, 11) is 0. The molecule has 26 heavy (non-hydrogen) atoms. The van der Waals surface area contributed by atoms with Gasteiger partial charge < -0.3 is 10.3 Å². The molecule has 0 saturated heterocycles. The molecular weight excluding hydrogens is 330 g/mol. The van der Waals surface area contributed by atoms with E-state index in [9.17, 15) is 9.59 Å². The topological polar surface area (TPSA) is 94.2 Å². The molecule has 0 aliphatic heterocycles. The first-order valence-electron chi connectivity index (χ1n) is 8.42. The molecule has 4 N–H and O–H groups in total. The minimum absolute atomic E-state index is 0.154. The molecule has 0 aliphatic rings. The second-order valence-corrected chi connectivity index (χ2v) is 6.53. The molecule has 0 unspecified atom stereocenters. The SMILES string of the molecule is CC(C)[C@@H](NC(=O)c1cc2ccccc2[nH]1)c1ccc(C(=O)NO)cc1. The number of H-pyrrole nitrogens is 1. The van der Waals surface area contributed by atoms with Crippen LogP contribution in [0.1, 0.15) is 46.3 Å². The second kappa shape index (κ2) is 7.41. The van der Waals surface area contributed by atoms with Crippen molar-refractivity contribution in [3.05, 3.63) is 71.4 Å². The standard InChI is InChI=1S/C20H21N3O3/c1-12(2)18(13-7-9-14(10-8-13)19(24)23-26)22-20(25)17-11-15-5-3-4-6-16(15)21-17/h3-12,18,21,26H,1-2H3,(H,22,25)(H,23,24)/t18-/m1/s1. The number of nitrogens with one attached hydrogen (secondary N) is 3. The first-order valence-corrected chi connectivity index (χ1v) is 8.42. The maximum atomic E-state index is 12.7. The van der Waals surface area contributed by atoms with Gasteiger partial charge in [-0.05, 0) is 35.7 Å². The Morgan fingerprint density at radius 1 is 1.00 bits per heavy atom. The van der Waals surface area contributed by atoms with Gasteiger partial charge >= 0.3 is 0 Å². The Hall–Kier alpha value is -3.12. The van der Waals surface area contributed by atoms with Gasteiger partial charge in [0.2, 0.25) is 0 Å². The van der Waals surface area contributed by atoms with Crippen LogP contribution in [-0.2, 0) is 0 Å². The minimum Gasteiger partial charge on any atom is -0.351 e. The quantitative estimate of drug-likeness (QED) is 0.419. The van der Waals surface area contributed by atoms with Gasteiger partial charge in [-0.15, -0.1) is 0 Å². The van der Waals surface area contributed by atoms with Crippen molar-refractivity contribution in [2.45, 2.75) is 19.9 Å². The van der Waals surface area contributed by atoms with E-state index in [0.29, 0.717) is 11.3 Å². The first-order chi connectivity index (χ1) is 12.5. The molecule has 6 heteroatoms. The molecule has 6 nitrogen and oxygen atoms in total. The summed E-state index contributed by atoms with van der Waals surface area (Å²) in [6, 6.07) is 16.1. The van der Waals surface area contributed by atoms with Crippen LogP contribution in [0.5, 0.6) is 0 Å². The third kappa shape index (κ3) is 3.60. The van der Waals surface area contributed by atoms with Gasteiger partial charge in [-0.3, -0.25) is 14.8 Å². The number of fused-ring (bicyclic) bond motifs is 1. The molecule has 0 aliphatic carbocycles. The van der Waals surface area contributed by atoms with Crippen LogP contribution >= 0.6 is 0 Å². The fourth-order valence-corrected chi connectivity index (χ4v) is 2.96. The third-order valence-corrected chi connectivity index (χ3v) is 4.36. The summed E-state index contributed by atoms with van der Waals surface area (Å²) in [5, 5.41) is 12.7. The maximum absolute atomic E-state index is 12.7. The largest absolute Gasteiger partial charge is 0.351 e. The van der Waals surface area contributed by atoms with Crippen LogP contribution in [-0.4, -0.2) is 22.0 Å². The highest BCUT2D eigenvalue weighted by Gasteiger charge is 2.20. The van der Waals surface area contributed by atoms with Gasteiger partial charge in [-0.1, -0.05) is 44.2 Å². The van der Waals surface area contributed by atoms with E-state index in [1.165, 1.54) is 0 Å². The highest BCUT2D eigenvalue weighted by atomic mass is 16.5. The Labute approximate surface area is 151 Å². The highest BCUT2D eigenvalue weighted by Crippen LogP contribution is 2.23. The number of para-hydroxylation sites is 1. The Morgan fingerprint density at radius 2 is 1.69 bits per heavy atom. The Balaban J connectivity index is 1.81. The molecule has 2 amide bonds. The first kappa shape index (κ1) is 17.7. The lowest BCUT2D eigenvalue weighted by molar-refractivity contribution is 0.0706. The molecule has 0 saturated carbocycles. The molecule has 1 heterocycles. The van der Waals surface area contributed by atoms with E-state index >= 15 is 0 Å². The van der Waals surface area contributed by atoms with E-state index in [-0.39, 0.29) is 17.9 Å². The van der Waals surface area contributed by atoms with Crippen LogP contribution in [0.15, 0.2) is 54.6 Å². The van der Waals surface area contributed by atoms with Gasteiger partial charge in [0.05, 0.1) is 6.04 Å². The van der Waals surface area contributed by atoms with Crippen molar-refractivity contribution < 1.29 is 14.8 Å². The Morgan fingerprint density at radius 3 is 2.31 bits per heavy atom. The summed E-state index contributed by atoms with van der Waals surface area (Å²) < 4.78 is 0. The van der Waals surface area contributed by atoms with Gasteiger partial charge in [0, 0.05) is 16.5 Å². The van der Waals surface area contributed by atoms with Gasteiger partial charge in [0.15, 0.2) is 0 Å². The summed E-state index contributed by atoms with van der Waals surface area (Å²) in [6.07, 6.45) is 0. The number of carbonyl (C=O) groups excluding carboxylic acids is 2. The molecule has 0 fully saturated rings. The lowest BCUT2D eigenvalue weighted by Gasteiger charge is -2.23. The van der Waals surface area contributed by atoms with Crippen molar-refractivity contribution in [2.75, 3.05) is 0 Å². The lowest BCUT2D eigenvalue weighted by atomic mass is 9.95. The zero-order chi connectivity index (χ0) is 18.7. The molecule has 2 aromatic carbocycles. The number of hydroxylamine groups is 1. The molecular formula is C20H21N3O3. The van der Waals surface area contributed by atoms with Gasteiger partial charge in [0.25, 0.3) is 11.8 Å². The summed E-state index contributed by atoms with van der Waals surface area (Å²) in [4.78, 5) is 27.3. The summed E-state index contributed by atoms with van der Waals surface area (Å²) in [6.45, 7) is 4.04. The predicted octanol–water partition coefficient (Wildman–Crippen LogP) is 3.41. The molecule has 1 atom stereocenters. The fraction of sp³-hybridized carbons (Fsp3) is 0.200. The van der Waals surface area contributed by atoms with Crippen LogP contribution in [0.25, 0.3) is 10.9 Å². The Kier molecular flexibility index (Phi) is 5.04. The molecule has 0 radical (unpaired) electrons. The van der Waals surface area contributed by atoms with Crippen molar-refractivity contribution in [3.8, 4) is 0 Å². The zero-order valence-electron chi connectivity index (χ0n) is 14.6. The number of rotatable bonds is 5. The van der Waals surface area contributed by atoms with Gasteiger partial charge in [0.1, 0.15) is 5.69 Å².